The number of nitrogens with zero attached hydrogens (tertiary/aromatic N) is 2. The zero-order valence-electron chi connectivity index (χ0n) is 18.7. The van der Waals surface area contributed by atoms with Crippen LogP contribution < -0.4 is 15.4 Å². The first-order chi connectivity index (χ1) is 14.4. The molecule has 2 rings (SSSR count). The fourth-order valence-corrected chi connectivity index (χ4v) is 2.62. The van der Waals surface area contributed by atoms with E-state index in [0.717, 1.165) is 35.5 Å². The van der Waals surface area contributed by atoms with Crippen LogP contribution in [0, 0.1) is 6.92 Å². The first-order valence-electron chi connectivity index (χ1n) is 10.4. The highest BCUT2D eigenvalue weighted by atomic mass is 16.5. The largest absolute Gasteiger partial charge is 0.490 e. The van der Waals surface area contributed by atoms with Crippen molar-refractivity contribution in [2.75, 3.05) is 27.2 Å². The van der Waals surface area contributed by atoms with Crippen molar-refractivity contribution in [3.8, 4) is 5.75 Å². The molecule has 1 heterocycles. The molecular weight excluding hydrogens is 380 g/mol. The van der Waals surface area contributed by atoms with Crippen molar-refractivity contribution >= 4 is 11.9 Å². The molecule has 2 aromatic rings. The topological polar surface area (TPSA) is 79.1 Å². The second kappa shape index (κ2) is 11.9. The molecule has 0 aliphatic carbocycles. The van der Waals surface area contributed by atoms with Gasteiger partial charge in [-0.2, -0.15) is 0 Å². The Balaban J connectivity index is 2.08. The lowest BCUT2D eigenvalue weighted by molar-refractivity contribution is -0.127. The SMILES string of the molecule is CCC(C)Oc1cc(C)ccc1CN=C(NCCc1ccco1)NCC(=O)N(C)C. The van der Waals surface area contributed by atoms with Crippen LogP contribution in [-0.4, -0.2) is 50.1 Å². The van der Waals surface area contributed by atoms with Gasteiger partial charge in [-0.3, -0.25) is 4.79 Å². The Kier molecular flexibility index (Phi) is 9.25. The first-order valence-corrected chi connectivity index (χ1v) is 10.4. The maximum absolute atomic E-state index is 12.0. The van der Waals surface area contributed by atoms with Crippen LogP contribution in [0.15, 0.2) is 46.0 Å². The summed E-state index contributed by atoms with van der Waals surface area (Å²) in [6.45, 7) is 7.46. The van der Waals surface area contributed by atoms with Crippen molar-refractivity contribution in [2.24, 2.45) is 4.99 Å². The van der Waals surface area contributed by atoms with Gasteiger partial charge in [-0.05, 0) is 44.0 Å². The second-order valence-corrected chi connectivity index (χ2v) is 7.51. The van der Waals surface area contributed by atoms with E-state index in [0.29, 0.717) is 19.0 Å². The van der Waals surface area contributed by atoms with E-state index in [1.54, 1.807) is 25.3 Å². The van der Waals surface area contributed by atoms with E-state index in [2.05, 4.69) is 35.5 Å². The van der Waals surface area contributed by atoms with Gasteiger partial charge in [-0.15, -0.1) is 0 Å². The summed E-state index contributed by atoms with van der Waals surface area (Å²) in [6.07, 6.45) is 3.46. The molecule has 0 saturated heterocycles. The third kappa shape index (κ3) is 7.81. The average molecular weight is 415 g/mol. The van der Waals surface area contributed by atoms with Crippen molar-refractivity contribution in [3.63, 3.8) is 0 Å². The fourth-order valence-electron chi connectivity index (χ4n) is 2.62. The van der Waals surface area contributed by atoms with E-state index in [9.17, 15) is 4.79 Å². The predicted octanol–water partition coefficient (Wildman–Crippen LogP) is 3.13. The lowest BCUT2D eigenvalue weighted by Crippen LogP contribution is -2.43. The molecule has 0 spiro atoms. The van der Waals surface area contributed by atoms with Gasteiger partial charge in [0.25, 0.3) is 0 Å². The van der Waals surface area contributed by atoms with Crippen LogP contribution >= 0.6 is 0 Å². The highest BCUT2D eigenvalue weighted by Crippen LogP contribution is 2.23. The quantitative estimate of drug-likeness (QED) is 0.461. The lowest BCUT2D eigenvalue weighted by Gasteiger charge is -2.17. The van der Waals surface area contributed by atoms with Gasteiger partial charge < -0.3 is 24.7 Å². The Morgan fingerprint density at radius 2 is 2.07 bits per heavy atom. The van der Waals surface area contributed by atoms with Crippen LogP contribution in [0.2, 0.25) is 0 Å². The summed E-state index contributed by atoms with van der Waals surface area (Å²) in [5.41, 5.74) is 2.15. The van der Waals surface area contributed by atoms with E-state index in [4.69, 9.17) is 9.15 Å². The third-order valence-electron chi connectivity index (χ3n) is 4.68. The Hall–Kier alpha value is -2.96. The monoisotopic (exact) mass is 414 g/mol. The van der Waals surface area contributed by atoms with Gasteiger partial charge in [0, 0.05) is 32.6 Å². The van der Waals surface area contributed by atoms with Crippen LogP contribution in [0.1, 0.15) is 37.2 Å². The molecule has 1 amide bonds. The summed E-state index contributed by atoms with van der Waals surface area (Å²) < 4.78 is 11.5. The minimum atomic E-state index is -0.0216. The Morgan fingerprint density at radius 1 is 1.27 bits per heavy atom. The van der Waals surface area contributed by atoms with E-state index < -0.39 is 0 Å². The first kappa shape index (κ1) is 23.3. The van der Waals surface area contributed by atoms with Crippen LogP contribution in [0.3, 0.4) is 0 Å². The number of amides is 1. The predicted molar refractivity (Wildman–Crippen MR) is 120 cm³/mol. The number of carbonyl (C=O) groups is 1. The van der Waals surface area contributed by atoms with E-state index >= 15 is 0 Å². The van der Waals surface area contributed by atoms with Gasteiger partial charge in [0.05, 0.1) is 25.5 Å². The summed E-state index contributed by atoms with van der Waals surface area (Å²) in [5, 5.41) is 6.38. The minimum Gasteiger partial charge on any atom is -0.490 e. The van der Waals surface area contributed by atoms with E-state index in [1.807, 2.05) is 31.2 Å². The molecule has 7 heteroatoms. The highest BCUT2D eigenvalue weighted by molar-refractivity contribution is 5.86. The highest BCUT2D eigenvalue weighted by Gasteiger charge is 2.10. The molecule has 30 heavy (non-hydrogen) atoms. The average Bonchev–Trinajstić information content (AvgIpc) is 3.23. The lowest BCUT2D eigenvalue weighted by atomic mass is 10.1. The van der Waals surface area contributed by atoms with Gasteiger partial charge in [0.1, 0.15) is 11.5 Å². The van der Waals surface area contributed by atoms with Gasteiger partial charge in [0.2, 0.25) is 5.91 Å². The number of hydrogen-bond donors (Lipinski definition) is 2. The number of aliphatic imine (C=N–C) groups is 1. The molecule has 1 unspecified atom stereocenters. The molecular formula is C23H34N4O3. The maximum atomic E-state index is 12.0. The smallest absolute Gasteiger partial charge is 0.241 e. The molecule has 164 valence electrons. The number of nitrogens with one attached hydrogen (secondary N) is 2. The number of ether oxygens (including phenoxy) is 1. The van der Waals surface area contributed by atoms with E-state index in [-0.39, 0.29) is 18.6 Å². The zero-order chi connectivity index (χ0) is 21.9. The summed E-state index contributed by atoms with van der Waals surface area (Å²) in [5.74, 6) is 2.31. The van der Waals surface area contributed by atoms with Crippen LogP contribution in [0.4, 0.5) is 0 Å². The number of furan rings is 1. The molecule has 0 saturated carbocycles. The van der Waals surface area contributed by atoms with Crippen molar-refractivity contribution in [2.45, 2.75) is 46.3 Å². The van der Waals surface area contributed by atoms with Crippen molar-refractivity contribution < 1.29 is 13.9 Å². The third-order valence-corrected chi connectivity index (χ3v) is 4.68. The molecule has 0 radical (unpaired) electrons. The van der Waals surface area contributed by atoms with E-state index in [1.165, 1.54) is 0 Å². The normalized spacial score (nSPS) is 12.4. The summed E-state index contributed by atoms with van der Waals surface area (Å²) in [6, 6.07) is 9.95. The standard InChI is InChI=1S/C23H34N4O3/c1-6-18(3)30-21-14-17(2)9-10-19(21)15-25-23(26-16-22(28)27(4)5)24-12-11-20-8-7-13-29-20/h7-10,13-14,18H,6,11-12,15-16H2,1-5H3,(H2,24,25,26). The molecule has 1 atom stereocenters. The fraction of sp³-hybridized carbons (Fsp3) is 0.478. The summed E-state index contributed by atoms with van der Waals surface area (Å²) in [7, 11) is 3.46. The number of hydrogen-bond acceptors (Lipinski definition) is 4. The Bertz CT molecular complexity index is 816. The van der Waals surface area contributed by atoms with Gasteiger partial charge in [0.15, 0.2) is 5.96 Å². The number of likely N-dealkylation sites (N-methyl/N-ethyl adjacent to an activating group) is 1. The number of benzene rings is 1. The molecule has 0 fully saturated rings. The Labute approximate surface area is 179 Å². The van der Waals surface area contributed by atoms with Gasteiger partial charge in [-0.1, -0.05) is 19.1 Å². The molecule has 1 aromatic heterocycles. The van der Waals surface area contributed by atoms with Crippen molar-refractivity contribution in [3.05, 3.63) is 53.5 Å². The zero-order valence-corrected chi connectivity index (χ0v) is 18.7. The summed E-state index contributed by atoms with van der Waals surface area (Å²) >= 11 is 0. The van der Waals surface area contributed by atoms with Crippen LogP contribution in [0.5, 0.6) is 5.75 Å². The van der Waals surface area contributed by atoms with Crippen LogP contribution in [-0.2, 0) is 17.8 Å². The number of guanidine groups is 1. The van der Waals surface area contributed by atoms with Gasteiger partial charge >= 0.3 is 0 Å². The molecule has 0 bridgehead atoms. The van der Waals surface area contributed by atoms with Crippen molar-refractivity contribution in [1.82, 2.24) is 15.5 Å². The minimum absolute atomic E-state index is 0.0216. The molecule has 0 aliphatic heterocycles. The van der Waals surface area contributed by atoms with Crippen LogP contribution in [0.25, 0.3) is 0 Å². The Morgan fingerprint density at radius 3 is 2.73 bits per heavy atom. The molecule has 1 aromatic carbocycles. The number of rotatable bonds is 10. The molecule has 0 aliphatic rings. The number of carbonyl (C=O) groups excluding carboxylic acids is 1. The summed E-state index contributed by atoms with van der Waals surface area (Å²) in [4.78, 5) is 18.2. The maximum Gasteiger partial charge on any atom is 0.241 e. The van der Waals surface area contributed by atoms with Gasteiger partial charge in [-0.25, -0.2) is 4.99 Å². The van der Waals surface area contributed by atoms with Crippen molar-refractivity contribution in [1.29, 1.82) is 0 Å². The second-order valence-electron chi connectivity index (χ2n) is 7.51. The number of aryl methyl sites for hydroxylation is 1. The molecule has 2 N–H and O–H groups in total. The molecule has 7 nitrogen and oxygen atoms in total.